The minimum absolute atomic E-state index is 0.512. The first-order valence-corrected chi connectivity index (χ1v) is 4.47. The zero-order valence-electron chi connectivity index (χ0n) is 7.64. The molecule has 0 amide bonds. The van der Waals surface area contributed by atoms with E-state index in [2.05, 4.69) is 21.1 Å². The molecule has 2 aromatic rings. The lowest BCUT2D eigenvalue weighted by Gasteiger charge is -1.93. The van der Waals surface area contributed by atoms with Crippen LogP contribution in [0.25, 0.3) is 21.3 Å². The molecule has 1 heterocycles. The maximum absolute atomic E-state index is 8.16. The van der Waals surface area contributed by atoms with E-state index >= 15 is 0 Å². The van der Waals surface area contributed by atoms with E-state index in [0.29, 0.717) is 6.54 Å². The maximum atomic E-state index is 8.16. The number of nitrogens with zero attached hydrogens (tertiary/aromatic N) is 3. The summed E-state index contributed by atoms with van der Waals surface area (Å²) in [5.74, 6) is 0. The van der Waals surface area contributed by atoms with E-state index in [-0.39, 0.29) is 0 Å². The summed E-state index contributed by atoms with van der Waals surface area (Å²) in [6.07, 6.45) is 2.76. The first kappa shape index (κ1) is 8.66. The second kappa shape index (κ2) is 3.85. The van der Waals surface area contributed by atoms with Crippen LogP contribution in [-0.4, -0.2) is 11.5 Å². The lowest BCUT2D eigenvalue weighted by Crippen LogP contribution is -1.85. The van der Waals surface area contributed by atoms with E-state index in [0.717, 1.165) is 11.9 Å². The van der Waals surface area contributed by atoms with Gasteiger partial charge in [0.15, 0.2) is 0 Å². The first-order chi connectivity index (χ1) is 6.92. The highest BCUT2D eigenvalue weighted by Crippen LogP contribution is 2.17. The normalized spacial score (nSPS) is 10.0. The fraction of sp³-hybridized carbons (Fsp3) is 0.200. The molecule has 0 aliphatic carbocycles. The van der Waals surface area contributed by atoms with E-state index in [1.807, 2.05) is 24.4 Å². The quantitative estimate of drug-likeness (QED) is 0.435. The van der Waals surface area contributed by atoms with Crippen molar-refractivity contribution in [1.82, 2.24) is 4.98 Å². The second-order valence-corrected chi connectivity index (χ2v) is 3.06. The number of hydrogen-bond acceptors (Lipinski definition) is 1. The van der Waals surface area contributed by atoms with Crippen LogP contribution in [0.1, 0.15) is 5.56 Å². The number of benzene rings is 1. The number of aromatic nitrogens is 1. The minimum Gasteiger partial charge on any atom is -0.361 e. The molecule has 0 radical (unpaired) electrons. The van der Waals surface area contributed by atoms with Crippen LogP contribution >= 0.6 is 0 Å². The number of azide groups is 1. The summed E-state index contributed by atoms with van der Waals surface area (Å²) in [5, 5.41) is 4.73. The average molecular weight is 186 g/mol. The van der Waals surface area contributed by atoms with Crippen molar-refractivity contribution in [2.45, 2.75) is 6.42 Å². The number of aromatic amines is 1. The number of H-pyrrole nitrogens is 1. The highest BCUT2D eigenvalue weighted by molar-refractivity contribution is 5.83. The van der Waals surface area contributed by atoms with Gasteiger partial charge in [-0.15, -0.1) is 0 Å². The zero-order valence-corrected chi connectivity index (χ0v) is 7.64. The van der Waals surface area contributed by atoms with Gasteiger partial charge in [-0.05, 0) is 23.6 Å². The van der Waals surface area contributed by atoms with Crippen molar-refractivity contribution in [3.8, 4) is 0 Å². The average Bonchev–Trinajstić information content (AvgIpc) is 2.63. The molecule has 0 fully saturated rings. The van der Waals surface area contributed by atoms with Crippen LogP contribution in [0.5, 0.6) is 0 Å². The molecule has 0 unspecified atom stereocenters. The molecule has 0 aliphatic heterocycles. The van der Waals surface area contributed by atoms with Crippen LogP contribution < -0.4 is 0 Å². The molecule has 0 saturated heterocycles. The Morgan fingerprint density at radius 1 is 1.36 bits per heavy atom. The first-order valence-electron chi connectivity index (χ1n) is 4.47. The van der Waals surface area contributed by atoms with E-state index in [1.165, 1.54) is 10.9 Å². The Bertz CT molecular complexity index is 480. The van der Waals surface area contributed by atoms with Crippen molar-refractivity contribution >= 4 is 10.9 Å². The van der Waals surface area contributed by atoms with Gasteiger partial charge in [0.05, 0.1) is 0 Å². The number of para-hydroxylation sites is 1. The summed E-state index contributed by atoms with van der Waals surface area (Å²) in [4.78, 5) is 5.91. The predicted octanol–water partition coefficient (Wildman–Crippen LogP) is 3.02. The Kier molecular flexibility index (Phi) is 2.38. The molecule has 1 aromatic heterocycles. The van der Waals surface area contributed by atoms with E-state index < -0.39 is 0 Å². The van der Waals surface area contributed by atoms with Crippen molar-refractivity contribution in [3.63, 3.8) is 0 Å². The molecule has 14 heavy (non-hydrogen) atoms. The number of hydrogen-bond donors (Lipinski definition) is 1. The summed E-state index contributed by atoms with van der Waals surface area (Å²) in [7, 11) is 0. The van der Waals surface area contributed by atoms with Gasteiger partial charge in [-0.2, -0.15) is 0 Å². The summed E-state index contributed by atoms with van der Waals surface area (Å²) in [6.45, 7) is 0.512. The van der Waals surface area contributed by atoms with Crippen molar-refractivity contribution in [3.05, 3.63) is 46.5 Å². The smallest absolute Gasteiger partial charge is 0.0456 e. The highest BCUT2D eigenvalue weighted by Gasteiger charge is 2.00. The zero-order chi connectivity index (χ0) is 9.80. The van der Waals surface area contributed by atoms with Gasteiger partial charge >= 0.3 is 0 Å². The van der Waals surface area contributed by atoms with Gasteiger partial charge in [0.1, 0.15) is 0 Å². The van der Waals surface area contributed by atoms with Crippen LogP contribution in [-0.2, 0) is 6.42 Å². The Morgan fingerprint density at radius 3 is 3.07 bits per heavy atom. The molecule has 70 valence electrons. The van der Waals surface area contributed by atoms with E-state index in [4.69, 9.17) is 5.53 Å². The van der Waals surface area contributed by atoms with Crippen LogP contribution in [0, 0.1) is 0 Å². The fourth-order valence-electron chi connectivity index (χ4n) is 1.55. The molecule has 0 spiro atoms. The van der Waals surface area contributed by atoms with Crippen molar-refractivity contribution < 1.29 is 0 Å². The monoisotopic (exact) mass is 186 g/mol. The summed E-state index contributed by atoms with van der Waals surface area (Å²) in [6, 6.07) is 8.10. The van der Waals surface area contributed by atoms with Crippen molar-refractivity contribution in [2.75, 3.05) is 6.54 Å². The highest BCUT2D eigenvalue weighted by atomic mass is 15.1. The van der Waals surface area contributed by atoms with Crippen LogP contribution in [0.2, 0.25) is 0 Å². The third kappa shape index (κ3) is 1.56. The Morgan fingerprint density at radius 2 is 2.21 bits per heavy atom. The Balaban J connectivity index is 2.29. The van der Waals surface area contributed by atoms with Crippen LogP contribution in [0.3, 0.4) is 0 Å². The summed E-state index contributed by atoms with van der Waals surface area (Å²) >= 11 is 0. The molecule has 0 saturated carbocycles. The van der Waals surface area contributed by atoms with E-state index in [1.54, 1.807) is 0 Å². The van der Waals surface area contributed by atoms with Crippen molar-refractivity contribution in [1.29, 1.82) is 0 Å². The van der Waals surface area contributed by atoms with Gasteiger partial charge in [-0.1, -0.05) is 23.3 Å². The van der Waals surface area contributed by atoms with Gasteiger partial charge in [0.2, 0.25) is 0 Å². The number of rotatable bonds is 3. The van der Waals surface area contributed by atoms with Gasteiger partial charge in [-0.25, -0.2) is 0 Å². The van der Waals surface area contributed by atoms with Crippen LogP contribution in [0.15, 0.2) is 35.6 Å². The summed E-state index contributed by atoms with van der Waals surface area (Å²) < 4.78 is 0. The van der Waals surface area contributed by atoms with Gasteiger partial charge in [0.25, 0.3) is 0 Å². The second-order valence-electron chi connectivity index (χ2n) is 3.06. The molecule has 0 atom stereocenters. The molecule has 0 bridgehead atoms. The molecular weight excluding hydrogens is 176 g/mol. The molecule has 4 nitrogen and oxygen atoms in total. The topological polar surface area (TPSA) is 64.6 Å². The molecule has 1 aromatic carbocycles. The number of nitrogens with one attached hydrogen (secondary N) is 1. The SMILES string of the molecule is [N-]=[N+]=NCCc1c[nH]c2ccccc12. The lowest BCUT2D eigenvalue weighted by molar-refractivity contribution is 0.963. The molecular formula is C10H10N4. The molecule has 4 heteroatoms. The van der Waals surface area contributed by atoms with Gasteiger partial charge in [-0.3, -0.25) is 0 Å². The van der Waals surface area contributed by atoms with Gasteiger partial charge in [0, 0.05) is 28.6 Å². The lowest BCUT2D eigenvalue weighted by atomic mass is 10.1. The molecule has 2 rings (SSSR count). The standard InChI is InChI=1S/C10H10N4/c11-14-13-6-5-8-7-12-10-4-2-1-3-9(8)10/h1-4,7,12H,5-6H2. The summed E-state index contributed by atoms with van der Waals surface area (Å²) in [5.41, 5.74) is 10.5. The Hall–Kier alpha value is -1.93. The number of fused-ring (bicyclic) bond motifs is 1. The van der Waals surface area contributed by atoms with Gasteiger partial charge < -0.3 is 4.98 Å². The van der Waals surface area contributed by atoms with E-state index in [9.17, 15) is 0 Å². The van der Waals surface area contributed by atoms with Crippen molar-refractivity contribution in [2.24, 2.45) is 5.11 Å². The fourth-order valence-corrected chi connectivity index (χ4v) is 1.55. The predicted molar refractivity (Wildman–Crippen MR) is 56.0 cm³/mol. The largest absolute Gasteiger partial charge is 0.361 e. The third-order valence-electron chi connectivity index (χ3n) is 2.22. The maximum Gasteiger partial charge on any atom is 0.0456 e. The minimum atomic E-state index is 0.512. The molecule has 1 N–H and O–H groups in total. The Labute approximate surface area is 81.2 Å². The van der Waals surface area contributed by atoms with Crippen LogP contribution in [0.4, 0.5) is 0 Å². The third-order valence-corrected chi connectivity index (χ3v) is 2.22. The molecule has 0 aliphatic rings.